The second kappa shape index (κ2) is 6.63. The van der Waals surface area contributed by atoms with E-state index in [9.17, 15) is 4.21 Å². The molecule has 0 aliphatic rings. The summed E-state index contributed by atoms with van der Waals surface area (Å²) < 4.78 is 25.6. The molecule has 1 N–H and O–H groups in total. The Hall–Kier alpha value is -1.72. The van der Waals surface area contributed by atoms with Crippen molar-refractivity contribution < 1.29 is 13.7 Å². The van der Waals surface area contributed by atoms with E-state index in [1.807, 2.05) is 0 Å². The lowest BCUT2D eigenvalue weighted by molar-refractivity contribution is 0.387. The van der Waals surface area contributed by atoms with Gasteiger partial charge in [0.15, 0.2) is 11.0 Å². The lowest BCUT2D eigenvalue weighted by Gasteiger charge is -2.11. The van der Waals surface area contributed by atoms with Gasteiger partial charge < -0.3 is 14.2 Å². The minimum absolute atomic E-state index is 0.504. The molecule has 20 heavy (non-hydrogen) atoms. The van der Waals surface area contributed by atoms with E-state index in [-0.39, 0.29) is 0 Å². The average molecular weight is 312 g/mol. The number of benzene rings is 2. The Kier molecular flexibility index (Phi) is 4.87. The topological polar surface area (TPSA) is 47.6 Å². The van der Waals surface area contributed by atoms with Crippen molar-refractivity contribution in [2.75, 3.05) is 18.9 Å². The zero-order valence-electron chi connectivity index (χ0n) is 11.1. The molecule has 0 bridgehead atoms. The van der Waals surface area contributed by atoms with Gasteiger partial charge in [0.1, 0.15) is 16.4 Å². The first-order valence-electron chi connectivity index (χ1n) is 5.80. The number of rotatable bonds is 5. The molecule has 0 amide bonds. The van der Waals surface area contributed by atoms with E-state index in [2.05, 4.69) is 4.72 Å². The zero-order chi connectivity index (χ0) is 14.5. The van der Waals surface area contributed by atoms with E-state index in [0.717, 1.165) is 0 Å². The van der Waals surface area contributed by atoms with Crippen molar-refractivity contribution in [3.05, 3.63) is 47.5 Å². The van der Waals surface area contributed by atoms with Gasteiger partial charge >= 0.3 is 0 Å². The summed E-state index contributed by atoms with van der Waals surface area (Å²) in [5.41, 5.74) is 0.714. The third kappa shape index (κ3) is 3.43. The summed E-state index contributed by atoms with van der Waals surface area (Å²) in [7, 11) is 1.66. The first-order chi connectivity index (χ1) is 9.63. The van der Waals surface area contributed by atoms with Gasteiger partial charge in [-0.3, -0.25) is 0 Å². The normalized spacial score (nSPS) is 11.8. The summed E-state index contributed by atoms with van der Waals surface area (Å²) in [6, 6.07) is 12.1. The molecule has 0 unspecified atom stereocenters. The first kappa shape index (κ1) is 14.7. The lowest BCUT2D eigenvalue weighted by atomic mass is 10.3. The summed E-state index contributed by atoms with van der Waals surface area (Å²) >= 11 is 5.81. The van der Waals surface area contributed by atoms with Gasteiger partial charge in [0, 0.05) is 16.8 Å². The van der Waals surface area contributed by atoms with Crippen LogP contribution < -0.4 is 14.2 Å². The Morgan fingerprint density at radius 2 is 1.75 bits per heavy atom. The number of nitrogens with one attached hydrogen (secondary N) is 1. The molecule has 0 aliphatic carbocycles. The van der Waals surface area contributed by atoms with Crippen molar-refractivity contribution in [3.8, 4) is 11.5 Å². The summed E-state index contributed by atoms with van der Waals surface area (Å²) in [4.78, 5) is 0.545. The maximum absolute atomic E-state index is 12.3. The fourth-order valence-electron chi connectivity index (χ4n) is 1.61. The van der Waals surface area contributed by atoms with Crippen LogP contribution in [0.25, 0.3) is 0 Å². The molecule has 0 saturated carbocycles. The van der Waals surface area contributed by atoms with E-state index in [4.69, 9.17) is 21.1 Å². The van der Waals surface area contributed by atoms with E-state index in [0.29, 0.717) is 27.1 Å². The third-order valence-corrected chi connectivity index (χ3v) is 4.04. The van der Waals surface area contributed by atoms with Gasteiger partial charge in [0.05, 0.1) is 14.2 Å². The molecule has 0 radical (unpaired) electrons. The molecule has 2 aromatic rings. The molecule has 0 heterocycles. The summed E-state index contributed by atoms with van der Waals surface area (Å²) in [5, 5.41) is 0.628. The van der Waals surface area contributed by atoms with Crippen molar-refractivity contribution in [2.24, 2.45) is 0 Å². The second-order valence-corrected chi connectivity index (χ2v) is 5.51. The number of methoxy groups -OCH3 is 2. The highest BCUT2D eigenvalue weighted by Gasteiger charge is 2.12. The molecule has 0 spiro atoms. The fraction of sp³-hybridized carbons (Fsp3) is 0.143. The van der Waals surface area contributed by atoms with E-state index < -0.39 is 11.0 Å². The van der Waals surface area contributed by atoms with Crippen molar-refractivity contribution in [1.82, 2.24) is 0 Å². The maximum Gasteiger partial charge on any atom is 0.154 e. The molecular weight excluding hydrogens is 298 g/mol. The van der Waals surface area contributed by atoms with E-state index in [1.165, 1.54) is 7.11 Å². The Labute approximate surface area is 125 Å². The van der Waals surface area contributed by atoms with Crippen LogP contribution in [0.15, 0.2) is 47.4 Å². The third-order valence-electron chi connectivity index (χ3n) is 2.63. The van der Waals surface area contributed by atoms with Gasteiger partial charge in [-0.25, -0.2) is 4.21 Å². The SMILES string of the molecule is COc1ccc([S@](=O)Nc2ccc(Cl)cc2)c(OC)c1. The molecule has 0 aromatic heterocycles. The predicted molar refractivity (Wildman–Crippen MR) is 81.0 cm³/mol. The minimum atomic E-state index is -1.44. The second-order valence-electron chi connectivity index (χ2n) is 3.89. The van der Waals surface area contributed by atoms with Crippen LogP contribution in [0.1, 0.15) is 0 Å². The summed E-state index contributed by atoms with van der Waals surface area (Å²) in [5.74, 6) is 1.15. The Bertz CT molecular complexity index is 616. The number of hydrogen-bond acceptors (Lipinski definition) is 3. The highest BCUT2D eigenvalue weighted by Crippen LogP contribution is 2.28. The van der Waals surface area contributed by atoms with Crippen LogP contribution in [-0.4, -0.2) is 18.4 Å². The minimum Gasteiger partial charge on any atom is -0.497 e. The Morgan fingerprint density at radius 3 is 2.35 bits per heavy atom. The van der Waals surface area contributed by atoms with Gasteiger partial charge in [0.2, 0.25) is 0 Å². The standard InChI is InChI=1S/C14H14ClNO3S/c1-18-12-7-8-14(13(9-12)19-2)20(17)16-11-5-3-10(15)4-6-11/h3-9,16H,1-2H3/t20-/m0/s1. The van der Waals surface area contributed by atoms with Crippen molar-refractivity contribution in [2.45, 2.75) is 4.90 Å². The van der Waals surface area contributed by atoms with Crippen LogP contribution in [0.4, 0.5) is 5.69 Å². The Morgan fingerprint density at radius 1 is 1.05 bits per heavy atom. The summed E-state index contributed by atoms with van der Waals surface area (Å²) in [6.07, 6.45) is 0. The predicted octanol–water partition coefficient (Wildman–Crippen LogP) is 3.49. The van der Waals surface area contributed by atoms with Crippen LogP contribution in [0.2, 0.25) is 5.02 Å². The monoisotopic (exact) mass is 311 g/mol. The molecule has 106 valence electrons. The van der Waals surface area contributed by atoms with Crippen LogP contribution in [0, 0.1) is 0 Å². The number of anilines is 1. The van der Waals surface area contributed by atoms with Crippen LogP contribution in [0.5, 0.6) is 11.5 Å². The van der Waals surface area contributed by atoms with Crippen molar-refractivity contribution >= 4 is 28.3 Å². The molecule has 6 heteroatoms. The fourth-order valence-corrected chi connectivity index (χ4v) is 2.71. The van der Waals surface area contributed by atoms with Crippen LogP contribution in [-0.2, 0) is 11.0 Å². The van der Waals surface area contributed by atoms with Gasteiger partial charge in [-0.15, -0.1) is 0 Å². The lowest BCUT2D eigenvalue weighted by Crippen LogP contribution is -2.06. The number of hydrogen-bond donors (Lipinski definition) is 1. The van der Waals surface area contributed by atoms with Crippen molar-refractivity contribution in [1.29, 1.82) is 0 Å². The van der Waals surface area contributed by atoms with Crippen molar-refractivity contribution in [3.63, 3.8) is 0 Å². The zero-order valence-corrected chi connectivity index (χ0v) is 12.6. The number of halogens is 1. The average Bonchev–Trinajstić information content (AvgIpc) is 2.48. The van der Waals surface area contributed by atoms with E-state index >= 15 is 0 Å². The molecule has 2 aromatic carbocycles. The quantitative estimate of drug-likeness (QED) is 0.919. The van der Waals surface area contributed by atoms with Crippen LogP contribution in [0.3, 0.4) is 0 Å². The molecule has 0 saturated heterocycles. The van der Waals surface area contributed by atoms with Gasteiger partial charge in [-0.2, -0.15) is 0 Å². The first-order valence-corrected chi connectivity index (χ1v) is 7.33. The Balaban J connectivity index is 2.22. The molecule has 0 fully saturated rings. The van der Waals surface area contributed by atoms with E-state index in [1.54, 1.807) is 49.6 Å². The number of ether oxygens (including phenoxy) is 2. The maximum atomic E-state index is 12.3. The van der Waals surface area contributed by atoms with Gasteiger partial charge in [-0.05, 0) is 36.4 Å². The smallest absolute Gasteiger partial charge is 0.154 e. The highest BCUT2D eigenvalue weighted by atomic mass is 35.5. The largest absolute Gasteiger partial charge is 0.497 e. The molecule has 1 atom stereocenters. The molecule has 4 nitrogen and oxygen atoms in total. The van der Waals surface area contributed by atoms with Gasteiger partial charge in [0.25, 0.3) is 0 Å². The molecule has 0 aliphatic heterocycles. The molecular formula is C14H14ClNO3S. The van der Waals surface area contributed by atoms with Gasteiger partial charge in [-0.1, -0.05) is 11.6 Å². The van der Waals surface area contributed by atoms with Crippen LogP contribution >= 0.6 is 11.6 Å². The summed E-state index contributed by atoms with van der Waals surface area (Å²) in [6.45, 7) is 0. The highest BCUT2D eigenvalue weighted by molar-refractivity contribution is 7.86. The molecule has 2 rings (SSSR count).